The van der Waals surface area contributed by atoms with Crippen molar-refractivity contribution in [3.8, 4) is 6.07 Å². The Kier molecular flexibility index (Phi) is 4.35. The molecule has 1 saturated heterocycles. The molecule has 1 aliphatic heterocycles. The van der Waals surface area contributed by atoms with E-state index >= 15 is 0 Å². The molecule has 0 amide bonds. The van der Waals surface area contributed by atoms with Crippen LogP contribution in [0.5, 0.6) is 0 Å². The summed E-state index contributed by atoms with van der Waals surface area (Å²) in [4.78, 5) is 7.52. The average molecular weight is 251 g/mol. The second-order valence-corrected chi connectivity index (χ2v) is 5.20. The summed E-state index contributed by atoms with van der Waals surface area (Å²) >= 11 is 1.49. The van der Waals surface area contributed by atoms with Gasteiger partial charge in [0.2, 0.25) is 0 Å². The molecule has 92 valence electrons. The van der Waals surface area contributed by atoms with Gasteiger partial charge in [0.25, 0.3) is 0 Å². The topological polar surface area (TPSA) is 49.1 Å². The van der Waals surface area contributed by atoms with E-state index in [0.717, 1.165) is 23.9 Å². The molecule has 5 heteroatoms. The Morgan fingerprint density at radius 1 is 1.35 bits per heavy atom. The first kappa shape index (κ1) is 12.3. The fourth-order valence-electron chi connectivity index (χ4n) is 2.06. The molecule has 1 aromatic heterocycles. The summed E-state index contributed by atoms with van der Waals surface area (Å²) < 4.78 is 5.07. The first-order valence-corrected chi connectivity index (χ1v) is 6.80. The molecular weight excluding hydrogens is 234 g/mol. The second-order valence-electron chi connectivity index (χ2n) is 4.22. The standard InChI is InChI=1S/C12H17N3OS/c1-16-9-10-11(8-13)17-12(14-10)15-6-4-2-3-5-7-15/h2-7,9H2,1H3. The van der Waals surface area contributed by atoms with Crippen LogP contribution in [-0.2, 0) is 11.3 Å². The van der Waals surface area contributed by atoms with Crippen molar-refractivity contribution in [1.82, 2.24) is 4.98 Å². The molecule has 0 unspecified atom stereocenters. The van der Waals surface area contributed by atoms with Crippen molar-refractivity contribution in [1.29, 1.82) is 5.26 Å². The van der Waals surface area contributed by atoms with Crippen LogP contribution < -0.4 is 4.90 Å². The van der Waals surface area contributed by atoms with E-state index in [1.54, 1.807) is 7.11 Å². The zero-order valence-corrected chi connectivity index (χ0v) is 10.9. The van der Waals surface area contributed by atoms with E-state index in [-0.39, 0.29) is 0 Å². The third kappa shape index (κ3) is 2.96. The second kappa shape index (κ2) is 5.99. The van der Waals surface area contributed by atoms with Gasteiger partial charge in [-0.3, -0.25) is 0 Å². The Bertz CT molecular complexity index is 402. The Hall–Kier alpha value is -1.12. The van der Waals surface area contributed by atoms with Gasteiger partial charge in [-0.2, -0.15) is 5.26 Å². The van der Waals surface area contributed by atoms with Crippen LogP contribution >= 0.6 is 11.3 Å². The van der Waals surface area contributed by atoms with Crippen molar-refractivity contribution < 1.29 is 4.74 Å². The van der Waals surface area contributed by atoms with Crippen LogP contribution in [0.25, 0.3) is 0 Å². The molecule has 17 heavy (non-hydrogen) atoms. The molecule has 2 rings (SSSR count). The highest BCUT2D eigenvalue weighted by Gasteiger charge is 2.17. The van der Waals surface area contributed by atoms with Gasteiger partial charge in [-0.15, -0.1) is 0 Å². The molecule has 1 fully saturated rings. The predicted molar refractivity (Wildman–Crippen MR) is 68.2 cm³/mol. The third-order valence-corrected chi connectivity index (χ3v) is 4.01. The molecule has 4 nitrogen and oxygen atoms in total. The highest BCUT2D eigenvalue weighted by atomic mass is 32.1. The van der Waals surface area contributed by atoms with E-state index in [1.165, 1.54) is 37.0 Å². The van der Waals surface area contributed by atoms with E-state index in [2.05, 4.69) is 16.0 Å². The summed E-state index contributed by atoms with van der Waals surface area (Å²) in [7, 11) is 1.63. The van der Waals surface area contributed by atoms with Crippen LogP contribution in [-0.4, -0.2) is 25.2 Å². The Balaban J connectivity index is 2.17. The van der Waals surface area contributed by atoms with E-state index in [9.17, 15) is 0 Å². The molecule has 0 aromatic carbocycles. The smallest absolute Gasteiger partial charge is 0.186 e. The number of nitriles is 1. The van der Waals surface area contributed by atoms with Crippen molar-refractivity contribution in [3.05, 3.63) is 10.6 Å². The monoisotopic (exact) mass is 251 g/mol. The fraction of sp³-hybridized carbons (Fsp3) is 0.667. The number of rotatable bonds is 3. The van der Waals surface area contributed by atoms with Gasteiger partial charge in [0, 0.05) is 20.2 Å². The minimum absolute atomic E-state index is 0.424. The number of hydrogen-bond donors (Lipinski definition) is 0. The quantitative estimate of drug-likeness (QED) is 0.828. The van der Waals surface area contributed by atoms with Crippen LogP contribution in [0.4, 0.5) is 5.13 Å². The summed E-state index contributed by atoms with van der Waals surface area (Å²) in [5.41, 5.74) is 0.777. The molecular formula is C12H17N3OS. The molecule has 1 aliphatic rings. The van der Waals surface area contributed by atoms with Gasteiger partial charge in [0.1, 0.15) is 10.9 Å². The molecule has 0 radical (unpaired) electrons. The number of hydrogen-bond acceptors (Lipinski definition) is 5. The van der Waals surface area contributed by atoms with Crippen LogP contribution in [0.1, 0.15) is 36.3 Å². The van der Waals surface area contributed by atoms with E-state index in [1.807, 2.05) is 0 Å². The van der Waals surface area contributed by atoms with Gasteiger partial charge in [-0.05, 0) is 12.8 Å². The van der Waals surface area contributed by atoms with Crippen LogP contribution in [0.15, 0.2) is 0 Å². The highest BCUT2D eigenvalue weighted by molar-refractivity contribution is 7.16. The van der Waals surface area contributed by atoms with Crippen LogP contribution in [0.3, 0.4) is 0 Å². The molecule has 0 bridgehead atoms. The number of anilines is 1. The number of ether oxygens (including phenoxy) is 1. The maximum atomic E-state index is 9.06. The highest BCUT2D eigenvalue weighted by Crippen LogP contribution is 2.28. The minimum atomic E-state index is 0.424. The molecule has 2 heterocycles. The average Bonchev–Trinajstić information content (AvgIpc) is 2.58. The first-order valence-electron chi connectivity index (χ1n) is 5.99. The largest absolute Gasteiger partial charge is 0.378 e. The molecule has 0 aliphatic carbocycles. The van der Waals surface area contributed by atoms with Crippen LogP contribution in [0, 0.1) is 11.3 Å². The van der Waals surface area contributed by atoms with Crippen molar-refractivity contribution in [3.63, 3.8) is 0 Å². The van der Waals surface area contributed by atoms with Gasteiger partial charge in [0.05, 0.1) is 12.3 Å². The number of nitrogens with zero attached hydrogens (tertiary/aromatic N) is 3. The van der Waals surface area contributed by atoms with E-state index in [4.69, 9.17) is 10.00 Å². The van der Waals surface area contributed by atoms with Gasteiger partial charge in [0.15, 0.2) is 5.13 Å². The molecule has 0 atom stereocenters. The normalized spacial score (nSPS) is 16.6. The number of aromatic nitrogens is 1. The van der Waals surface area contributed by atoms with E-state index in [0.29, 0.717) is 11.5 Å². The van der Waals surface area contributed by atoms with Crippen molar-refractivity contribution in [2.24, 2.45) is 0 Å². The Morgan fingerprint density at radius 2 is 2.06 bits per heavy atom. The predicted octanol–water partition coefficient (Wildman–Crippen LogP) is 2.54. The summed E-state index contributed by atoms with van der Waals surface area (Å²) in [6.45, 7) is 2.54. The van der Waals surface area contributed by atoms with E-state index < -0.39 is 0 Å². The lowest BCUT2D eigenvalue weighted by Gasteiger charge is -2.18. The summed E-state index contributed by atoms with van der Waals surface area (Å²) in [6, 6.07) is 2.20. The Labute approximate surface area is 106 Å². The van der Waals surface area contributed by atoms with Crippen molar-refractivity contribution in [2.45, 2.75) is 32.3 Å². The van der Waals surface area contributed by atoms with Gasteiger partial charge < -0.3 is 9.64 Å². The molecule has 0 spiro atoms. The summed E-state index contributed by atoms with van der Waals surface area (Å²) in [5, 5.41) is 10.0. The third-order valence-electron chi connectivity index (χ3n) is 2.95. The molecule has 0 N–H and O–H groups in total. The van der Waals surface area contributed by atoms with Gasteiger partial charge >= 0.3 is 0 Å². The maximum absolute atomic E-state index is 9.06. The summed E-state index contributed by atoms with van der Waals surface area (Å²) in [5.74, 6) is 0. The molecule has 1 aromatic rings. The summed E-state index contributed by atoms with van der Waals surface area (Å²) in [6.07, 6.45) is 5.05. The van der Waals surface area contributed by atoms with Crippen molar-refractivity contribution in [2.75, 3.05) is 25.1 Å². The SMILES string of the molecule is COCc1nc(N2CCCCCC2)sc1C#N. The lowest BCUT2D eigenvalue weighted by Crippen LogP contribution is -2.23. The van der Waals surface area contributed by atoms with Crippen molar-refractivity contribution >= 4 is 16.5 Å². The van der Waals surface area contributed by atoms with Gasteiger partial charge in [-0.1, -0.05) is 24.2 Å². The first-order chi connectivity index (χ1) is 8.35. The fourth-order valence-corrected chi connectivity index (χ4v) is 2.98. The minimum Gasteiger partial charge on any atom is -0.378 e. The Morgan fingerprint density at radius 3 is 2.65 bits per heavy atom. The zero-order chi connectivity index (χ0) is 12.1. The maximum Gasteiger partial charge on any atom is 0.186 e. The number of methoxy groups -OCH3 is 1. The van der Waals surface area contributed by atoms with Gasteiger partial charge in [-0.25, -0.2) is 4.98 Å². The van der Waals surface area contributed by atoms with Crippen LogP contribution in [0.2, 0.25) is 0 Å². The molecule has 0 saturated carbocycles. The number of thiazole rings is 1. The lowest BCUT2D eigenvalue weighted by atomic mass is 10.2. The zero-order valence-electron chi connectivity index (χ0n) is 10.1. The lowest BCUT2D eigenvalue weighted by molar-refractivity contribution is 0.182.